The van der Waals surface area contributed by atoms with E-state index in [1.54, 1.807) is 0 Å². The van der Waals surface area contributed by atoms with Crippen LogP contribution in [0.2, 0.25) is 0 Å². The summed E-state index contributed by atoms with van der Waals surface area (Å²) in [6.07, 6.45) is 1.25. The summed E-state index contributed by atoms with van der Waals surface area (Å²) in [6.45, 7) is 3.56. The first-order chi connectivity index (χ1) is 6.13. The van der Waals surface area contributed by atoms with Crippen molar-refractivity contribution in [2.24, 2.45) is 0 Å². The van der Waals surface area contributed by atoms with E-state index in [9.17, 15) is 5.11 Å². The minimum Gasteiger partial charge on any atom is -0.503 e. The van der Waals surface area contributed by atoms with Crippen LogP contribution in [0.3, 0.4) is 0 Å². The highest BCUT2D eigenvalue weighted by atomic mass is 16.5. The smallest absolute Gasteiger partial charge is 0.176 e. The Labute approximate surface area is 76.8 Å². The molecular weight excluding hydrogens is 170 g/mol. The Morgan fingerprint density at radius 2 is 2.23 bits per heavy atom. The lowest BCUT2D eigenvalue weighted by Gasteiger charge is -2.11. The summed E-state index contributed by atoms with van der Waals surface area (Å²) in [5.41, 5.74) is 0.480. The Morgan fingerprint density at radius 1 is 1.54 bits per heavy atom. The molecule has 1 aromatic rings. The fourth-order valence-corrected chi connectivity index (χ4v) is 0.905. The molecule has 0 aliphatic heterocycles. The zero-order valence-corrected chi connectivity index (χ0v) is 7.69. The van der Waals surface area contributed by atoms with Crippen LogP contribution in [0, 0.1) is 0 Å². The molecule has 0 saturated heterocycles. The second kappa shape index (κ2) is 4.09. The van der Waals surface area contributed by atoms with Crippen molar-refractivity contribution in [3.63, 3.8) is 0 Å². The molecular formula is C9H13NO3. The number of hydrogen-bond donors (Lipinski definition) is 2. The fourth-order valence-electron chi connectivity index (χ4n) is 0.905. The second-order valence-electron chi connectivity index (χ2n) is 2.97. The molecule has 0 radical (unpaired) electrons. The molecule has 0 aliphatic carbocycles. The second-order valence-corrected chi connectivity index (χ2v) is 2.97. The first-order valence-electron chi connectivity index (χ1n) is 4.09. The average Bonchev–Trinajstić information content (AvgIpc) is 2.08. The molecule has 0 spiro atoms. The van der Waals surface area contributed by atoms with Gasteiger partial charge in [-0.1, -0.05) is 0 Å². The quantitative estimate of drug-likeness (QED) is 0.735. The first-order valence-corrected chi connectivity index (χ1v) is 4.09. The molecule has 0 fully saturated rings. The maximum Gasteiger partial charge on any atom is 0.176 e. The van der Waals surface area contributed by atoms with Crippen LogP contribution in [0.25, 0.3) is 0 Å². The highest BCUT2D eigenvalue weighted by Gasteiger charge is 2.06. The summed E-state index contributed by atoms with van der Waals surface area (Å²) in [5, 5.41) is 18.1. The SMILES string of the molecule is CC(C)Oc1cc(CO)ncc1O. The monoisotopic (exact) mass is 183 g/mol. The predicted octanol–water partition coefficient (Wildman–Crippen LogP) is 1.07. The van der Waals surface area contributed by atoms with Gasteiger partial charge >= 0.3 is 0 Å². The van der Waals surface area contributed by atoms with Gasteiger partial charge in [0, 0.05) is 6.07 Å². The van der Waals surface area contributed by atoms with Crippen molar-refractivity contribution in [2.45, 2.75) is 26.6 Å². The van der Waals surface area contributed by atoms with Crippen molar-refractivity contribution in [1.82, 2.24) is 4.98 Å². The van der Waals surface area contributed by atoms with Crippen LogP contribution >= 0.6 is 0 Å². The van der Waals surface area contributed by atoms with E-state index in [4.69, 9.17) is 9.84 Å². The van der Waals surface area contributed by atoms with Crippen LogP contribution < -0.4 is 4.74 Å². The Balaban J connectivity index is 2.90. The molecule has 4 heteroatoms. The van der Waals surface area contributed by atoms with E-state index in [0.29, 0.717) is 11.4 Å². The average molecular weight is 183 g/mol. The van der Waals surface area contributed by atoms with E-state index < -0.39 is 0 Å². The fraction of sp³-hybridized carbons (Fsp3) is 0.444. The molecule has 0 atom stereocenters. The third-order valence-corrected chi connectivity index (χ3v) is 1.43. The van der Waals surface area contributed by atoms with Crippen LogP contribution in [0.15, 0.2) is 12.3 Å². The van der Waals surface area contributed by atoms with Crippen molar-refractivity contribution in [3.05, 3.63) is 18.0 Å². The number of nitrogens with zero attached hydrogens (tertiary/aromatic N) is 1. The molecule has 1 rings (SSSR count). The van der Waals surface area contributed by atoms with Gasteiger partial charge in [0.1, 0.15) is 0 Å². The van der Waals surface area contributed by atoms with Crippen LogP contribution in [0.4, 0.5) is 0 Å². The minimum absolute atomic E-state index is 0.00843. The molecule has 72 valence electrons. The molecule has 1 heterocycles. The molecule has 0 amide bonds. The summed E-state index contributed by atoms with van der Waals surface area (Å²) in [4.78, 5) is 3.78. The number of ether oxygens (including phenoxy) is 1. The van der Waals surface area contributed by atoms with Gasteiger partial charge in [0.2, 0.25) is 0 Å². The number of rotatable bonds is 3. The molecule has 0 unspecified atom stereocenters. The predicted molar refractivity (Wildman–Crippen MR) is 47.6 cm³/mol. The molecule has 1 aromatic heterocycles. The molecule has 0 aliphatic rings. The maximum atomic E-state index is 9.31. The minimum atomic E-state index is -0.158. The van der Waals surface area contributed by atoms with Gasteiger partial charge in [0.15, 0.2) is 11.5 Å². The van der Waals surface area contributed by atoms with Crippen LogP contribution in [-0.2, 0) is 6.61 Å². The Kier molecular flexibility index (Phi) is 3.08. The molecule has 4 nitrogen and oxygen atoms in total. The van der Waals surface area contributed by atoms with Gasteiger partial charge in [-0.15, -0.1) is 0 Å². The summed E-state index contributed by atoms with van der Waals surface area (Å²) in [6, 6.07) is 1.52. The zero-order chi connectivity index (χ0) is 9.84. The summed E-state index contributed by atoms with van der Waals surface area (Å²) >= 11 is 0. The number of aromatic nitrogens is 1. The zero-order valence-electron chi connectivity index (χ0n) is 7.69. The Morgan fingerprint density at radius 3 is 2.77 bits per heavy atom. The van der Waals surface area contributed by atoms with E-state index in [1.165, 1.54) is 12.3 Å². The van der Waals surface area contributed by atoms with E-state index in [1.807, 2.05) is 13.8 Å². The summed E-state index contributed by atoms with van der Waals surface area (Å²) < 4.78 is 5.29. The summed E-state index contributed by atoms with van der Waals surface area (Å²) in [7, 11) is 0. The van der Waals surface area contributed by atoms with Crippen LogP contribution in [0.5, 0.6) is 11.5 Å². The lowest BCUT2D eigenvalue weighted by molar-refractivity contribution is 0.228. The first kappa shape index (κ1) is 9.80. The van der Waals surface area contributed by atoms with Gasteiger partial charge in [0.05, 0.1) is 24.6 Å². The van der Waals surface area contributed by atoms with Crippen LogP contribution in [-0.4, -0.2) is 21.3 Å². The maximum absolute atomic E-state index is 9.31. The van der Waals surface area contributed by atoms with E-state index in [2.05, 4.69) is 4.98 Å². The van der Waals surface area contributed by atoms with E-state index in [-0.39, 0.29) is 18.5 Å². The highest BCUT2D eigenvalue weighted by molar-refractivity contribution is 5.37. The van der Waals surface area contributed by atoms with Gasteiger partial charge in [-0.25, -0.2) is 0 Å². The molecule has 2 N–H and O–H groups in total. The lowest BCUT2D eigenvalue weighted by atomic mass is 10.3. The van der Waals surface area contributed by atoms with E-state index >= 15 is 0 Å². The van der Waals surface area contributed by atoms with Gasteiger partial charge in [-0.3, -0.25) is 4.98 Å². The molecule has 0 saturated carbocycles. The number of aromatic hydroxyl groups is 1. The van der Waals surface area contributed by atoms with Gasteiger partial charge < -0.3 is 14.9 Å². The largest absolute Gasteiger partial charge is 0.503 e. The number of aliphatic hydroxyl groups excluding tert-OH is 1. The van der Waals surface area contributed by atoms with Crippen molar-refractivity contribution < 1.29 is 14.9 Å². The van der Waals surface area contributed by atoms with Crippen molar-refractivity contribution >= 4 is 0 Å². The third kappa shape index (κ3) is 2.59. The summed E-state index contributed by atoms with van der Waals surface area (Å²) in [5.74, 6) is 0.347. The lowest BCUT2D eigenvalue weighted by Crippen LogP contribution is -2.06. The third-order valence-electron chi connectivity index (χ3n) is 1.43. The molecule has 13 heavy (non-hydrogen) atoms. The van der Waals surface area contributed by atoms with Gasteiger partial charge in [-0.2, -0.15) is 0 Å². The standard InChI is InChI=1S/C9H13NO3/c1-6(2)13-9-3-7(5-11)10-4-8(9)12/h3-4,6,11-12H,5H2,1-2H3. The van der Waals surface area contributed by atoms with Crippen molar-refractivity contribution in [3.8, 4) is 11.5 Å². The Bertz CT molecular complexity index is 286. The normalized spacial score (nSPS) is 10.5. The molecule has 0 bridgehead atoms. The van der Waals surface area contributed by atoms with Crippen molar-refractivity contribution in [1.29, 1.82) is 0 Å². The van der Waals surface area contributed by atoms with Crippen LogP contribution in [0.1, 0.15) is 19.5 Å². The highest BCUT2D eigenvalue weighted by Crippen LogP contribution is 2.25. The topological polar surface area (TPSA) is 62.6 Å². The number of hydrogen-bond acceptors (Lipinski definition) is 4. The van der Waals surface area contributed by atoms with E-state index in [0.717, 1.165) is 0 Å². The number of aliphatic hydroxyl groups is 1. The Hall–Kier alpha value is -1.29. The van der Waals surface area contributed by atoms with Gasteiger partial charge in [0.25, 0.3) is 0 Å². The molecule has 0 aromatic carbocycles. The number of pyridine rings is 1. The van der Waals surface area contributed by atoms with Crippen molar-refractivity contribution in [2.75, 3.05) is 0 Å². The van der Waals surface area contributed by atoms with Gasteiger partial charge in [-0.05, 0) is 13.8 Å².